The molecule has 0 saturated heterocycles. The molecule has 17 heavy (non-hydrogen) atoms. The molecule has 92 valence electrons. The van der Waals surface area contributed by atoms with Crippen LogP contribution in [0.4, 0.5) is 5.69 Å². The van der Waals surface area contributed by atoms with Crippen LogP contribution in [0.25, 0.3) is 0 Å². The van der Waals surface area contributed by atoms with Crippen LogP contribution >= 0.6 is 0 Å². The maximum atomic E-state index is 4.52. The molecule has 0 unspecified atom stereocenters. The van der Waals surface area contributed by atoms with Crippen LogP contribution in [-0.4, -0.2) is 6.04 Å². The van der Waals surface area contributed by atoms with Gasteiger partial charge in [0.1, 0.15) is 0 Å². The summed E-state index contributed by atoms with van der Waals surface area (Å²) >= 11 is 0. The summed E-state index contributed by atoms with van der Waals surface area (Å²) in [6, 6.07) is 10.5. The third-order valence-corrected chi connectivity index (χ3v) is 3.42. The first kappa shape index (κ1) is 12.3. The summed E-state index contributed by atoms with van der Waals surface area (Å²) in [6.07, 6.45) is 10.6. The Bertz CT molecular complexity index is 322. The van der Waals surface area contributed by atoms with Crippen molar-refractivity contribution in [3.05, 3.63) is 30.3 Å². The van der Waals surface area contributed by atoms with Crippen molar-refractivity contribution in [2.45, 2.75) is 57.4 Å². The molecule has 1 saturated carbocycles. The molecule has 0 aliphatic heterocycles. The van der Waals surface area contributed by atoms with Gasteiger partial charge in [-0.05, 0) is 25.0 Å². The van der Waals surface area contributed by atoms with Crippen LogP contribution in [-0.2, 0) is 0 Å². The molecule has 2 nitrogen and oxygen atoms in total. The van der Waals surface area contributed by atoms with Crippen molar-refractivity contribution in [1.29, 1.82) is 0 Å². The van der Waals surface area contributed by atoms with E-state index in [-0.39, 0.29) is 0 Å². The summed E-state index contributed by atoms with van der Waals surface area (Å²) in [4.78, 5) is 0. The lowest BCUT2D eigenvalue weighted by Crippen LogP contribution is -2.02. The zero-order chi connectivity index (χ0) is 11.8. The lowest BCUT2D eigenvalue weighted by Gasteiger charge is -2.08. The van der Waals surface area contributed by atoms with Gasteiger partial charge in [0, 0.05) is 0 Å². The zero-order valence-corrected chi connectivity index (χ0v) is 10.5. The van der Waals surface area contributed by atoms with Crippen LogP contribution in [0.1, 0.15) is 51.4 Å². The van der Waals surface area contributed by atoms with Crippen LogP contribution in [0.15, 0.2) is 40.6 Å². The Balaban J connectivity index is 1.89. The molecule has 0 atom stereocenters. The van der Waals surface area contributed by atoms with E-state index in [0.717, 1.165) is 5.69 Å². The fourth-order valence-corrected chi connectivity index (χ4v) is 2.37. The summed E-state index contributed by atoms with van der Waals surface area (Å²) in [5, 5.41) is 8.88. The molecule has 0 aromatic heterocycles. The molecule has 0 spiro atoms. The molecule has 2 rings (SSSR count). The normalized spacial score (nSPS) is 19.8. The first-order valence-electron chi connectivity index (χ1n) is 6.91. The monoisotopic (exact) mass is 230 g/mol. The number of nitrogens with zero attached hydrogens (tertiary/aromatic N) is 2. The van der Waals surface area contributed by atoms with E-state index in [1.165, 1.54) is 51.4 Å². The molecule has 0 bridgehead atoms. The molecule has 0 heterocycles. The van der Waals surface area contributed by atoms with E-state index in [0.29, 0.717) is 6.04 Å². The molecule has 1 aliphatic carbocycles. The largest absolute Gasteiger partial charge is 0.185 e. The van der Waals surface area contributed by atoms with Crippen LogP contribution < -0.4 is 0 Å². The summed E-state index contributed by atoms with van der Waals surface area (Å²) in [7, 11) is 0. The van der Waals surface area contributed by atoms with Crippen molar-refractivity contribution >= 4 is 5.69 Å². The fourth-order valence-electron chi connectivity index (χ4n) is 2.37. The van der Waals surface area contributed by atoms with Crippen molar-refractivity contribution in [2.24, 2.45) is 10.2 Å². The highest BCUT2D eigenvalue weighted by Crippen LogP contribution is 2.21. The van der Waals surface area contributed by atoms with Gasteiger partial charge in [0.05, 0.1) is 11.7 Å². The van der Waals surface area contributed by atoms with Crippen LogP contribution in [0, 0.1) is 0 Å². The first-order chi connectivity index (χ1) is 8.45. The Hall–Kier alpha value is -1.18. The third-order valence-electron chi connectivity index (χ3n) is 3.42. The minimum atomic E-state index is 0.452. The Morgan fingerprint density at radius 1 is 0.765 bits per heavy atom. The molecule has 0 amide bonds. The second-order valence-electron chi connectivity index (χ2n) is 4.90. The molecule has 1 fully saturated rings. The van der Waals surface area contributed by atoms with E-state index in [1.807, 2.05) is 30.3 Å². The van der Waals surface area contributed by atoms with Gasteiger partial charge < -0.3 is 0 Å². The lowest BCUT2D eigenvalue weighted by molar-refractivity contribution is 0.519. The van der Waals surface area contributed by atoms with Crippen LogP contribution in [0.3, 0.4) is 0 Å². The maximum absolute atomic E-state index is 4.52. The van der Waals surface area contributed by atoms with Crippen molar-refractivity contribution in [2.75, 3.05) is 0 Å². The molecule has 1 aliphatic rings. The van der Waals surface area contributed by atoms with Gasteiger partial charge in [0.15, 0.2) is 0 Å². The molecule has 0 radical (unpaired) electrons. The van der Waals surface area contributed by atoms with Gasteiger partial charge in [-0.15, -0.1) is 0 Å². The standard InChI is InChI=1S/C15H22N2/c1-2-4-7-11-14(10-6-3-1)16-17-15-12-8-5-9-13-15/h5,8-9,12-14H,1-4,6-7,10-11H2/b17-16+. The van der Waals surface area contributed by atoms with Gasteiger partial charge in [-0.2, -0.15) is 10.2 Å². The smallest absolute Gasteiger partial charge is 0.0852 e. The van der Waals surface area contributed by atoms with Crippen molar-refractivity contribution < 1.29 is 0 Å². The molecule has 1 aromatic rings. The highest BCUT2D eigenvalue weighted by molar-refractivity contribution is 5.34. The topological polar surface area (TPSA) is 24.7 Å². The van der Waals surface area contributed by atoms with Gasteiger partial charge in [-0.25, -0.2) is 0 Å². The molecule has 2 heteroatoms. The van der Waals surface area contributed by atoms with Crippen LogP contribution in [0.5, 0.6) is 0 Å². The lowest BCUT2D eigenvalue weighted by atomic mass is 10.1. The first-order valence-corrected chi connectivity index (χ1v) is 6.91. The highest BCUT2D eigenvalue weighted by Gasteiger charge is 2.09. The summed E-state index contributed by atoms with van der Waals surface area (Å²) in [6.45, 7) is 0. The predicted octanol–water partition coefficient (Wildman–Crippen LogP) is 5.27. The minimum Gasteiger partial charge on any atom is -0.185 e. The predicted molar refractivity (Wildman–Crippen MR) is 71.7 cm³/mol. The average Bonchev–Trinajstić information content (AvgIpc) is 2.51. The summed E-state index contributed by atoms with van der Waals surface area (Å²) in [5.41, 5.74) is 0.979. The zero-order valence-electron chi connectivity index (χ0n) is 10.5. The van der Waals surface area contributed by atoms with E-state index < -0.39 is 0 Å². The average molecular weight is 230 g/mol. The molecule has 1 aromatic carbocycles. The van der Waals surface area contributed by atoms with Gasteiger partial charge in [0.25, 0.3) is 0 Å². The molecule has 0 N–H and O–H groups in total. The highest BCUT2D eigenvalue weighted by atomic mass is 15.1. The van der Waals surface area contributed by atoms with Gasteiger partial charge >= 0.3 is 0 Å². The van der Waals surface area contributed by atoms with Gasteiger partial charge in [-0.3, -0.25) is 0 Å². The third kappa shape index (κ3) is 4.68. The Morgan fingerprint density at radius 2 is 1.35 bits per heavy atom. The van der Waals surface area contributed by atoms with Crippen molar-refractivity contribution in [1.82, 2.24) is 0 Å². The van der Waals surface area contributed by atoms with E-state index >= 15 is 0 Å². The SMILES string of the molecule is c1ccc(/N=N/C2CCCCCCCC2)cc1. The fraction of sp³-hybridized carbons (Fsp3) is 0.600. The van der Waals surface area contributed by atoms with E-state index in [2.05, 4.69) is 10.2 Å². The maximum Gasteiger partial charge on any atom is 0.0852 e. The van der Waals surface area contributed by atoms with Gasteiger partial charge in [0.2, 0.25) is 0 Å². The Morgan fingerprint density at radius 3 is 2.00 bits per heavy atom. The second kappa shape index (κ2) is 7.21. The molecular formula is C15H22N2. The number of azo groups is 1. The van der Waals surface area contributed by atoms with E-state index in [4.69, 9.17) is 0 Å². The van der Waals surface area contributed by atoms with Gasteiger partial charge in [-0.1, -0.05) is 56.7 Å². The number of benzene rings is 1. The van der Waals surface area contributed by atoms with E-state index in [1.54, 1.807) is 0 Å². The Labute approximate surface area is 104 Å². The van der Waals surface area contributed by atoms with E-state index in [9.17, 15) is 0 Å². The summed E-state index contributed by atoms with van der Waals surface area (Å²) in [5.74, 6) is 0. The molecular weight excluding hydrogens is 208 g/mol. The number of hydrogen-bond donors (Lipinski definition) is 0. The van der Waals surface area contributed by atoms with Crippen molar-refractivity contribution in [3.8, 4) is 0 Å². The number of hydrogen-bond acceptors (Lipinski definition) is 2. The Kier molecular flexibility index (Phi) is 5.21. The number of rotatable bonds is 2. The minimum absolute atomic E-state index is 0.452. The van der Waals surface area contributed by atoms with Crippen molar-refractivity contribution in [3.63, 3.8) is 0 Å². The quantitative estimate of drug-likeness (QED) is 0.618. The second-order valence-corrected chi connectivity index (χ2v) is 4.90. The summed E-state index contributed by atoms with van der Waals surface area (Å²) < 4.78 is 0. The van der Waals surface area contributed by atoms with Crippen LogP contribution in [0.2, 0.25) is 0 Å².